The van der Waals surface area contributed by atoms with Gasteiger partial charge in [-0.15, -0.1) is 0 Å². The van der Waals surface area contributed by atoms with Crippen molar-refractivity contribution in [3.8, 4) is 0 Å². The molecule has 0 aromatic heterocycles. The van der Waals surface area contributed by atoms with E-state index in [-0.39, 0.29) is 11.1 Å². The fourth-order valence-electron chi connectivity index (χ4n) is 1.59. The number of primary amides is 1. The van der Waals surface area contributed by atoms with E-state index in [1.54, 1.807) is 0 Å². The number of carbonyl (C=O) groups excluding carboxylic acids is 1. The number of nitrogens with two attached hydrogens (primary N) is 1. The molecule has 1 unspecified atom stereocenters. The molecule has 2 nitrogen and oxygen atoms in total. The molecule has 1 amide bonds. The van der Waals surface area contributed by atoms with Crippen LogP contribution in [0.15, 0.2) is 18.2 Å². The minimum Gasteiger partial charge on any atom is -0.369 e. The summed E-state index contributed by atoms with van der Waals surface area (Å²) >= 11 is 0. The molecule has 88 valence electrons. The summed E-state index contributed by atoms with van der Waals surface area (Å²) in [5, 5.41) is 0. The maximum Gasteiger partial charge on any atom is 0.416 e. The van der Waals surface area contributed by atoms with Gasteiger partial charge in [0.05, 0.1) is 11.5 Å². The van der Waals surface area contributed by atoms with Crippen molar-refractivity contribution >= 4 is 5.91 Å². The lowest BCUT2D eigenvalue weighted by Crippen LogP contribution is -2.22. The largest absolute Gasteiger partial charge is 0.416 e. The zero-order valence-corrected chi connectivity index (χ0v) is 8.93. The van der Waals surface area contributed by atoms with Gasteiger partial charge in [-0.25, -0.2) is 0 Å². The van der Waals surface area contributed by atoms with Crippen LogP contribution >= 0.6 is 0 Å². The Balaban J connectivity index is 3.40. The summed E-state index contributed by atoms with van der Waals surface area (Å²) < 4.78 is 38.3. The summed E-state index contributed by atoms with van der Waals surface area (Å²) in [6.45, 7) is 2.73. The van der Waals surface area contributed by atoms with E-state index in [0.29, 0.717) is 0 Å². The van der Waals surface area contributed by atoms with Gasteiger partial charge in [-0.2, -0.15) is 13.2 Å². The van der Waals surface area contributed by atoms with Gasteiger partial charge in [0, 0.05) is 0 Å². The van der Waals surface area contributed by atoms with Gasteiger partial charge in [0.1, 0.15) is 0 Å². The van der Waals surface area contributed by atoms with Crippen LogP contribution in [0.1, 0.15) is 29.5 Å². The third-order valence-electron chi connectivity index (χ3n) is 2.48. The van der Waals surface area contributed by atoms with E-state index in [9.17, 15) is 18.0 Å². The molecule has 0 bridgehead atoms. The number of amides is 1. The van der Waals surface area contributed by atoms with Crippen molar-refractivity contribution in [2.24, 2.45) is 5.73 Å². The summed E-state index contributed by atoms with van der Waals surface area (Å²) in [7, 11) is 0. The van der Waals surface area contributed by atoms with Crippen LogP contribution in [0.4, 0.5) is 13.2 Å². The van der Waals surface area contributed by atoms with E-state index in [2.05, 4.69) is 0 Å². The molecule has 5 heteroatoms. The van der Waals surface area contributed by atoms with E-state index < -0.39 is 23.6 Å². The van der Waals surface area contributed by atoms with Crippen LogP contribution in [0.25, 0.3) is 0 Å². The number of benzene rings is 1. The number of hydrogen-bond acceptors (Lipinski definition) is 1. The number of rotatable bonds is 2. The third-order valence-corrected chi connectivity index (χ3v) is 2.48. The quantitative estimate of drug-likeness (QED) is 0.835. The molecular formula is C11H12F3NO. The Hall–Kier alpha value is -1.52. The van der Waals surface area contributed by atoms with Crippen LogP contribution in [-0.4, -0.2) is 5.91 Å². The second-order valence-electron chi connectivity index (χ2n) is 3.66. The van der Waals surface area contributed by atoms with E-state index in [0.717, 1.165) is 0 Å². The lowest BCUT2D eigenvalue weighted by Gasteiger charge is -2.18. The Morgan fingerprint density at radius 3 is 2.38 bits per heavy atom. The fourth-order valence-corrected chi connectivity index (χ4v) is 1.59. The highest BCUT2D eigenvalue weighted by molar-refractivity contribution is 5.82. The molecule has 0 aliphatic carbocycles. The maximum absolute atomic E-state index is 12.8. The second kappa shape index (κ2) is 4.15. The van der Waals surface area contributed by atoms with E-state index in [4.69, 9.17) is 5.73 Å². The highest BCUT2D eigenvalue weighted by atomic mass is 19.4. The van der Waals surface area contributed by atoms with Crippen LogP contribution in [0, 0.1) is 6.92 Å². The number of hydrogen-bond donors (Lipinski definition) is 1. The molecule has 1 aromatic rings. The summed E-state index contributed by atoms with van der Waals surface area (Å²) in [5.74, 6) is -1.72. The predicted molar refractivity (Wildman–Crippen MR) is 53.8 cm³/mol. The standard InChI is InChI=1S/C11H12F3NO/c1-6-4-3-5-8(7(2)10(15)16)9(6)11(12,13)14/h3-5,7H,1-2H3,(H2,15,16). The van der Waals surface area contributed by atoms with Gasteiger partial charge in [-0.1, -0.05) is 18.2 Å². The minimum atomic E-state index is -4.47. The van der Waals surface area contributed by atoms with Gasteiger partial charge >= 0.3 is 6.18 Å². The van der Waals surface area contributed by atoms with Crippen LogP contribution in [0.3, 0.4) is 0 Å². The number of aryl methyl sites for hydroxylation is 1. The highest BCUT2D eigenvalue weighted by Gasteiger charge is 2.36. The second-order valence-corrected chi connectivity index (χ2v) is 3.66. The average Bonchev–Trinajstić information content (AvgIpc) is 2.14. The molecule has 0 aliphatic heterocycles. The Labute approximate surface area is 91.3 Å². The molecule has 0 heterocycles. The SMILES string of the molecule is Cc1cccc(C(C)C(N)=O)c1C(F)(F)F. The summed E-state index contributed by atoms with van der Waals surface area (Å²) in [5.41, 5.74) is 4.29. The normalized spacial score (nSPS) is 13.6. The minimum absolute atomic E-state index is 0.0694. The first kappa shape index (κ1) is 12.5. The third kappa shape index (κ3) is 2.35. The van der Waals surface area contributed by atoms with Gasteiger partial charge in [0.2, 0.25) is 5.91 Å². The van der Waals surface area contributed by atoms with E-state index in [1.165, 1.54) is 32.0 Å². The molecular weight excluding hydrogens is 219 g/mol. The van der Waals surface area contributed by atoms with Crippen LogP contribution in [0.2, 0.25) is 0 Å². The van der Waals surface area contributed by atoms with Crippen molar-refractivity contribution in [1.82, 2.24) is 0 Å². The summed E-state index contributed by atoms with van der Waals surface area (Å²) in [6.07, 6.45) is -4.47. The molecule has 0 saturated carbocycles. The molecule has 2 N–H and O–H groups in total. The maximum atomic E-state index is 12.8. The summed E-state index contributed by atoms with van der Waals surface area (Å²) in [4.78, 5) is 10.9. The van der Waals surface area contributed by atoms with Crippen LogP contribution in [-0.2, 0) is 11.0 Å². The van der Waals surface area contributed by atoms with Crippen LogP contribution in [0.5, 0.6) is 0 Å². The zero-order valence-electron chi connectivity index (χ0n) is 8.93. The van der Waals surface area contributed by atoms with Crippen molar-refractivity contribution < 1.29 is 18.0 Å². The molecule has 0 aliphatic rings. The zero-order chi connectivity index (χ0) is 12.5. The lowest BCUT2D eigenvalue weighted by atomic mass is 9.92. The predicted octanol–water partition coefficient (Wildman–Crippen LogP) is 2.60. The van der Waals surface area contributed by atoms with E-state index >= 15 is 0 Å². The van der Waals surface area contributed by atoms with Crippen molar-refractivity contribution in [2.45, 2.75) is 25.9 Å². The van der Waals surface area contributed by atoms with Gasteiger partial charge in [0.25, 0.3) is 0 Å². The average molecular weight is 231 g/mol. The number of carbonyl (C=O) groups is 1. The summed E-state index contributed by atoms with van der Waals surface area (Å²) in [6, 6.07) is 4.13. The topological polar surface area (TPSA) is 43.1 Å². The van der Waals surface area contributed by atoms with Gasteiger partial charge in [-0.3, -0.25) is 4.79 Å². The first-order chi connectivity index (χ1) is 7.25. The molecule has 0 radical (unpaired) electrons. The smallest absolute Gasteiger partial charge is 0.369 e. The van der Waals surface area contributed by atoms with Gasteiger partial charge in [0.15, 0.2) is 0 Å². The Kier molecular flexibility index (Phi) is 3.26. The monoisotopic (exact) mass is 231 g/mol. The number of halogens is 3. The molecule has 0 fully saturated rings. The highest BCUT2D eigenvalue weighted by Crippen LogP contribution is 2.37. The molecule has 16 heavy (non-hydrogen) atoms. The van der Waals surface area contributed by atoms with Crippen molar-refractivity contribution in [3.63, 3.8) is 0 Å². The Bertz CT molecular complexity index is 412. The van der Waals surface area contributed by atoms with E-state index in [1.807, 2.05) is 0 Å². The van der Waals surface area contributed by atoms with Gasteiger partial charge < -0.3 is 5.73 Å². The van der Waals surface area contributed by atoms with Crippen LogP contribution < -0.4 is 5.73 Å². The van der Waals surface area contributed by atoms with Gasteiger partial charge in [-0.05, 0) is 25.0 Å². The molecule has 0 saturated heterocycles. The molecule has 1 aromatic carbocycles. The van der Waals surface area contributed by atoms with Crippen molar-refractivity contribution in [3.05, 3.63) is 34.9 Å². The molecule has 1 rings (SSSR count). The number of alkyl halides is 3. The lowest BCUT2D eigenvalue weighted by molar-refractivity contribution is -0.139. The van der Waals surface area contributed by atoms with Crippen molar-refractivity contribution in [1.29, 1.82) is 0 Å². The van der Waals surface area contributed by atoms with Crippen molar-refractivity contribution in [2.75, 3.05) is 0 Å². The first-order valence-electron chi connectivity index (χ1n) is 4.71. The Morgan fingerprint density at radius 1 is 1.38 bits per heavy atom. The first-order valence-corrected chi connectivity index (χ1v) is 4.71. The molecule has 1 atom stereocenters. The molecule has 0 spiro atoms. The Morgan fingerprint density at radius 2 is 1.94 bits per heavy atom. The fraction of sp³-hybridized carbons (Fsp3) is 0.364.